The number of aliphatic hydroxyl groups excluding tert-OH is 1. The molecular formula is C12H14BrNO3. The van der Waals surface area contributed by atoms with Gasteiger partial charge in [-0.1, -0.05) is 15.9 Å². The second-order valence-electron chi connectivity index (χ2n) is 4.04. The number of nitrogens with zero attached hydrogens (tertiary/aromatic N) is 1. The Morgan fingerprint density at radius 1 is 1.59 bits per heavy atom. The van der Waals surface area contributed by atoms with Gasteiger partial charge in [-0.05, 0) is 30.7 Å². The van der Waals surface area contributed by atoms with Crippen molar-refractivity contribution < 1.29 is 14.6 Å². The number of amides is 1. The summed E-state index contributed by atoms with van der Waals surface area (Å²) in [4.78, 5) is 13.3. The van der Waals surface area contributed by atoms with Crippen molar-refractivity contribution in [2.24, 2.45) is 0 Å². The number of anilines is 1. The lowest BCUT2D eigenvalue weighted by Gasteiger charge is -2.34. The maximum Gasteiger partial charge on any atom is 0.414 e. The van der Waals surface area contributed by atoms with Crippen LogP contribution in [-0.2, 0) is 4.74 Å². The Balaban J connectivity index is 2.34. The van der Waals surface area contributed by atoms with Crippen LogP contribution in [0.2, 0.25) is 0 Å². The summed E-state index contributed by atoms with van der Waals surface area (Å²) in [6, 6.07) is 5.43. The van der Waals surface area contributed by atoms with Gasteiger partial charge in [0.15, 0.2) is 0 Å². The molecule has 0 aromatic heterocycles. The van der Waals surface area contributed by atoms with Crippen LogP contribution in [0.25, 0.3) is 0 Å². The third-order valence-electron chi connectivity index (χ3n) is 2.87. The van der Waals surface area contributed by atoms with Crippen LogP contribution >= 0.6 is 15.9 Å². The fourth-order valence-electron chi connectivity index (χ4n) is 1.90. The highest BCUT2D eigenvalue weighted by Gasteiger charge is 2.30. The molecular weight excluding hydrogens is 286 g/mol. The first-order valence-corrected chi connectivity index (χ1v) is 6.26. The predicted octanol–water partition coefficient (Wildman–Crippen LogP) is 2.47. The van der Waals surface area contributed by atoms with E-state index in [0.29, 0.717) is 13.0 Å². The van der Waals surface area contributed by atoms with Crippen LogP contribution < -0.4 is 4.90 Å². The zero-order valence-corrected chi connectivity index (χ0v) is 11.1. The number of benzene rings is 1. The summed E-state index contributed by atoms with van der Waals surface area (Å²) >= 11 is 3.42. The average molecular weight is 300 g/mol. The summed E-state index contributed by atoms with van der Waals surface area (Å²) in [6.07, 6.45) is 0.259. The number of aliphatic hydroxyl groups is 1. The zero-order valence-electron chi connectivity index (χ0n) is 9.52. The van der Waals surface area contributed by atoms with Gasteiger partial charge in [-0.2, -0.15) is 0 Å². The standard InChI is InChI=1S/C12H14BrNO3/c1-8-6-9(2-3-11(8)13)14-10(7-15)4-5-17-12(14)16/h2-3,6,10,15H,4-5,7H2,1H3. The third kappa shape index (κ3) is 2.45. The molecule has 1 aliphatic heterocycles. The van der Waals surface area contributed by atoms with E-state index in [0.717, 1.165) is 15.7 Å². The van der Waals surface area contributed by atoms with E-state index in [-0.39, 0.29) is 12.6 Å². The van der Waals surface area contributed by atoms with Gasteiger partial charge in [0.05, 0.1) is 19.3 Å². The normalized spacial score (nSPS) is 20.3. The Morgan fingerprint density at radius 2 is 2.35 bits per heavy atom. The second kappa shape index (κ2) is 5.06. The van der Waals surface area contributed by atoms with Crippen molar-refractivity contribution in [2.75, 3.05) is 18.1 Å². The molecule has 0 aliphatic carbocycles. The average Bonchev–Trinajstić information content (AvgIpc) is 2.32. The summed E-state index contributed by atoms with van der Waals surface area (Å²) in [6.45, 7) is 2.27. The largest absolute Gasteiger partial charge is 0.449 e. The number of cyclic esters (lactones) is 1. The van der Waals surface area contributed by atoms with Gasteiger partial charge >= 0.3 is 6.09 Å². The number of carbonyl (C=O) groups excluding carboxylic acids is 1. The van der Waals surface area contributed by atoms with Gasteiger partial charge in [-0.25, -0.2) is 4.79 Å². The van der Waals surface area contributed by atoms with Gasteiger partial charge < -0.3 is 9.84 Å². The van der Waals surface area contributed by atoms with Crippen LogP contribution in [0, 0.1) is 6.92 Å². The highest BCUT2D eigenvalue weighted by Crippen LogP contribution is 2.27. The Labute approximate surface area is 108 Å². The number of halogens is 1. The topological polar surface area (TPSA) is 49.8 Å². The van der Waals surface area contributed by atoms with Crippen molar-refractivity contribution in [3.05, 3.63) is 28.2 Å². The SMILES string of the molecule is Cc1cc(N2C(=O)OCCC2CO)ccc1Br. The van der Waals surface area contributed by atoms with E-state index in [2.05, 4.69) is 15.9 Å². The lowest BCUT2D eigenvalue weighted by molar-refractivity contribution is 0.116. The maximum atomic E-state index is 11.7. The van der Waals surface area contributed by atoms with Crippen molar-refractivity contribution in [2.45, 2.75) is 19.4 Å². The molecule has 4 nitrogen and oxygen atoms in total. The van der Waals surface area contributed by atoms with E-state index < -0.39 is 6.09 Å². The number of ether oxygens (including phenoxy) is 1. The summed E-state index contributed by atoms with van der Waals surface area (Å²) in [5.41, 5.74) is 1.80. The monoisotopic (exact) mass is 299 g/mol. The number of rotatable bonds is 2. The number of hydrogen-bond acceptors (Lipinski definition) is 3. The number of hydrogen-bond donors (Lipinski definition) is 1. The Kier molecular flexibility index (Phi) is 3.69. The Hall–Kier alpha value is -1.07. The molecule has 0 saturated carbocycles. The first-order valence-electron chi connectivity index (χ1n) is 5.46. The Morgan fingerprint density at radius 3 is 3.00 bits per heavy atom. The molecule has 1 heterocycles. The molecule has 1 saturated heterocycles. The highest BCUT2D eigenvalue weighted by molar-refractivity contribution is 9.10. The molecule has 17 heavy (non-hydrogen) atoms. The van der Waals surface area contributed by atoms with Crippen LogP contribution in [0.15, 0.2) is 22.7 Å². The molecule has 0 radical (unpaired) electrons. The minimum absolute atomic E-state index is 0.0514. The molecule has 5 heteroatoms. The van der Waals surface area contributed by atoms with E-state index in [4.69, 9.17) is 4.74 Å². The third-order valence-corrected chi connectivity index (χ3v) is 3.76. The van der Waals surface area contributed by atoms with Gasteiger partial charge in [0, 0.05) is 16.6 Å². The van der Waals surface area contributed by atoms with Gasteiger partial charge in [0.25, 0.3) is 0 Å². The first-order chi connectivity index (χ1) is 8.13. The lowest BCUT2D eigenvalue weighted by atomic mass is 10.1. The molecule has 0 spiro atoms. The molecule has 2 rings (SSSR count). The first kappa shape index (κ1) is 12.4. The van der Waals surface area contributed by atoms with E-state index in [9.17, 15) is 9.90 Å². The number of carbonyl (C=O) groups is 1. The van der Waals surface area contributed by atoms with Crippen LogP contribution in [-0.4, -0.2) is 30.5 Å². The molecule has 1 aromatic carbocycles. The molecule has 1 amide bonds. The van der Waals surface area contributed by atoms with Crippen molar-refractivity contribution >= 4 is 27.7 Å². The van der Waals surface area contributed by atoms with Crippen LogP contribution in [0.4, 0.5) is 10.5 Å². The molecule has 1 unspecified atom stereocenters. The zero-order chi connectivity index (χ0) is 12.4. The molecule has 1 atom stereocenters. The predicted molar refractivity (Wildman–Crippen MR) is 68.2 cm³/mol. The van der Waals surface area contributed by atoms with E-state index in [1.54, 1.807) is 0 Å². The molecule has 0 bridgehead atoms. The van der Waals surface area contributed by atoms with Crippen molar-refractivity contribution in [1.82, 2.24) is 0 Å². The number of aryl methyl sites for hydroxylation is 1. The minimum Gasteiger partial charge on any atom is -0.449 e. The van der Waals surface area contributed by atoms with Crippen LogP contribution in [0.3, 0.4) is 0 Å². The summed E-state index contributed by atoms with van der Waals surface area (Å²) in [5, 5.41) is 9.31. The van der Waals surface area contributed by atoms with Gasteiger partial charge in [-0.15, -0.1) is 0 Å². The smallest absolute Gasteiger partial charge is 0.414 e. The fourth-order valence-corrected chi connectivity index (χ4v) is 2.14. The molecule has 1 aliphatic rings. The molecule has 1 fully saturated rings. The Bertz CT molecular complexity index is 436. The van der Waals surface area contributed by atoms with Crippen molar-refractivity contribution in [1.29, 1.82) is 0 Å². The second-order valence-corrected chi connectivity index (χ2v) is 4.90. The minimum atomic E-state index is -0.392. The van der Waals surface area contributed by atoms with Gasteiger partial charge in [0.1, 0.15) is 0 Å². The quantitative estimate of drug-likeness (QED) is 0.913. The maximum absolute atomic E-state index is 11.7. The van der Waals surface area contributed by atoms with E-state index >= 15 is 0 Å². The molecule has 92 valence electrons. The van der Waals surface area contributed by atoms with Crippen LogP contribution in [0.5, 0.6) is 0 Å². The summed E-state index contributed by atoms with van der Waals surface area (Å²) in [5.74, 6) is 0. The van der Waals surface area contributed by atoms with Gasteiger partial charge in [0.2, 0.25) is 0 Å². The van der Waals surface area contributed by atoms with E-state index in [1.807, 2.05) is 25.1 Å². The highest BCUT2D eigenvalue weighted by atomic mass is 79.9. The fraction of sp³-hybridized carbons (Fsp3) is 0.417. The van der Waals surface area contributed by atoms with E-state index in [1.165, 1.54) is 4.90 Å². The van der Waals surface area contributed by atoms with Crippen molar-refractivity contribution in [3.63, 3.8) is 0 Å². The van der Waals surface area contributed by atoms with Crippen molar-refractivity contribution in [3.8, 4) is 0 Å². The lowest BCUT2D eigenvalue weighted by Crippen LogP contribution is -2.47. The summed E-state index contributed by atoms with van der Waals surface area (Å²) in [7, 11) is 0. The van der Waals surface area contributed by atoms with Gasteiger partial charge in [-0.3, -0.25) is 4.90 Å². The summed E-state index contributed by atoms with van der Waals surface area (Å²) < 4.78 is 6.00. The molecule has 1 aromatic rings. The molecule has 1 N–H and O–H groups in total. The van der Waals surface area contributed by atoms with Crippen LogP contribution in [0.1, 0.15) is 12.0 Å².